The molecule has 1 saturated heterocycles. The van der Waals surface area contributed by atoms with Crippen LogP contribution in [0.15, 0.2) is 18.2 Å². The van der Waals surface area contributed by atoms with Crippen molar-refractivity contribution in [2.45, 2.75) is 30.7 Å². The van der Waals surface area contributed by atoms with E-state index >= 15 is 0 Å². The molecule has 5 heteroatoms. The monoisotopic (exact) mass is 286 g/mol. The number of nitrogens with one attached hydrogen (secondary N) is 1. The number of rotatable bonds is 3. The summed E-state index contributed by atoms with van der Waals surface area (Å²) in [5, 5.41) is 21.7. The number of carbonyl (C=O) groups excluding carboxylic acids is 1. The molecule has 0 bridgehead atoms. The van der Waals surface area contributed by atoms with Gasteiger partial charge < -0.3 is 15.2 Å². The third-order valence-corrected chi connectivity index (χ3v) is 4.81. The van der Waals surface area contributed by atoms with E-state index in [0.717, 1.165) is 11.1 Å². The van der Waals surface area contributed by atoms with Gasteiger partial charge in [0.15, 0.2) is 0 Å². The number of hydrogen-bond donors (Lipinski definition) is 2. The normalized spacial score (nSPS) is 25.7. The summed E-state index contributed by atoms with van der Waals surface area (Å²) in [5.41, 5.74) is 1.19. The summed E-state index contributed by atoms with van der Waals surface area (Å²) < 4.78 is 5.31. The van der Waals surface area contributed by atoms with Gasteiger partial charge in [0, 0.05) is 6.61 Å². The number of benzene rings is 1. The van der Waals surface area contributed by atoms with Gasteiger partial charge in [-0.05, 0) is 36.1 Å². The Morgan fingerprint density at radius 1 is 1.43 bits per heavy atom. The first-order chi connectivity index (χ1) is 10.1. The van der Waals surface area contributed by atoms with Crippen molar-refractivity contribution in [3.8, 4) is 6.07 Å². The lowest BCUT2D eigenvalue weighted by Crippen LogP contribution is -2.67. The molecule has 1 fully saturated rings. The summed E-state index contributed by atoms with van der Waals surface area (Å²) in [4.78, 5) is 12.7. The first kappa shape index (κ1) is 14.1. The largest absolute Gasteiger partial charge is 0.396 e. The van der Waals surface area contributed by atoms with Gasteiger partial charge in [0.1, 0.15) is 5.54 Å². The van der Waals surface area contributed by atoms with Crippen molar-refractivity contribution in [3.63, 3.8) is 0 Å². The molecule has 5 nitrogen and oxygen atoms in total. The number of carbonyl (C=O) groups is 1. The zero-order valence-electron chi connectivity index (χ0n) is 12.0. The second kappa shape index (κ2) is 4.83. The van der Waals surface area contributed by atoms with Crippen molar-refractivity contribution >= 4 is 5.91 Å². The standard InChI is InChI=1S/C16H18N2O3/c1-2-15(5-6-19)13-7-11(8-17)3-4-12(13)16(9-21-10-16)18-14(15)20/h3-4,7,19H,2,5-6,9-10H2,1H3,(H,18,20). The molecule has 0 radical (unpaired) electrons. The zero-order chi connectivity index (χ0) is 15.1. The minimum Gasteiger partial charge on any atom is -0.396 e. The van der Waals surface area contributed by atoms with Gasteiger partial charge in [-0.3, -0.25) is 4.79 Å². The van der Waals surface area contributed by atoms with Gasteiger partial charge in [-0.2, -0.15) is 5.26 Å². The van der Waals surface area contributed by atoms with Gasteiger partial charge in [0.05, 0.1) is 30.3 Å². The van der Waals surface area contributed by atoms with Gasteiger partial charge in [-0.25, -0.2) is 0 Å². The van der Waals surface area contributed by atoms with E-state index in [0.29, 0.717) is 31.6 Å². The highest BCUT2D eigenvalue weighted by atomic mass is 16.5. The number of aliphatic hydroxyl groups excluding tert-OH is 1. The van der Waals surface area contributed by atoms with Crippen molar-refractivity contribution in [3.05, 3.63) is 34.9 Å². The number of fused-ring (bicyclic) bond motifs is 2. The molecule has 3 rings (SSSR count). The van der Waals surface area contributed by atoms with Crippen LogP contribution in [0.25, 0.3) is 0 Å². The maximum atomic E-state index is 12.7. The van der Waals surface area contributed by atoms with Crippen LogP contribution in [0.5, 0.6) is 0 Å². The van der Waals surface area contributed by atoms with Crippen LogP contribution in [0.3, 0.4) is 0 Å². The molecule has 1 aromatic rings. The van der Waals surface area contributed by atoms with E-state index in [-0.39, 0.29) is 12.5 Å². The van der Waals surface area contributed by atoms with Gasteiger partial charge in [0.25, 0.3) is 0 Å². The third-order valence-electron chi connectivity index (χ3n) is 4.81. The number of ether oxygens (including phenoxy) is 1. The SMILES string of the molecule is CCC1(CCO)C(=O)NC2(COC2)c2ccc(C#N)cc21. The van der Waals surface area contributed by atoms with Gasteiger partial charge in [-0.1, -0.05) is 13.0 Å². The molecule has 2 aliphatic rings. The van der Waals surface area contributed by atoms with Crippen molar-refractivity contribution < 1.29 is 14.6 Å². The second-order valence-electron chi connectivity index (χ2n) is 5.81. The molecule has 0 aromatic heterocycles. The number of nitriles is 1. The zero-order valence-corrected chi connectivity index (χ0v) is 12.0. The molecule has 21 heavy (non-hydrogen) atoms. The molecule has 110 valence electrons. The third kappa shape index (κ3) is 1.80. The summed E-state index contributed by atoms with van der Waals surface area (Å²) in [5.74, 6) is -0.0788. The Morgan fingerprint density at radius 2 is 2.19 bits per heavy atom. The molecule has 1 amide bonds. The highest BCUT2D eigenvalue weighted by Gasteiger charge is 2.54. The van der Waals surface area contributed by atoms with Crippen molar-refractivity contribution in [1.29, 1.82) is 5.26 Å². The second-order valence-corrected chi connectivity index (χ2v) is 5.81. The summed E-state index contributed by atoms with van der Waals surface area (Å²) >= 11 is 0. The molecule has 1 atom stereocenters. The van der Waals surface area contributed by atoms with E-state index in [4.69, 9.17) is 10.00 Å². The minimum atomic E-state index is -0.766. The highest BCUT2D eigenvalue weighted by molar-refractivity contribution is 5.92. The molecule has 0 saturated carbocycles. The van der Waals surface area contributed by atoms with Crippen molar-refractivity contribution in [2.24, 2.45) is 0 Å². The minimum absolute atomic E-state index is 0.0685. The molecule has 1 aromatic carbocycles. The highest BCUT2D eigenvalue weighted by Crippen LogP contribution is 2.45. The fourth-order valence-electron chi connectivity index (χ4n) is 3.45. The average Bonchev–Trinajstić information content (AvgIpc) is 2.47. The molecule has 1 unspecified atom stereocenters. The summed E-state index contributed by atoms with van der Waals surface area (Å²) in [7, 11) is 0. The molecule has 2 aliphatic heterocycles. The van der Waals surface area contributed by atoms with Crippen LogP contribution >= 0.6 is 0 Å². The van der Waals surface area contributed by atoms with E-state index in [1.54, 1.807) is 12.1 Å². The Labute approximate surface area is 123 Å². The fraction of sp³-hybridized carbons (Fsp3) is 0.500. The smallest absolute Gasteiger partial charge is 0.231 e. The van der Waals surface area contributed by atoms with Gasteiger partial charge in [0.2, 0.25) is 5.91 Å². The average molecular weight is 286 g/mol. The van der Waals surface area contributed by atoms with Crippen LogP contribution in [-0.4, -0.2) is 30.8 Å². The quantitative estimate of drug-likeness (QED) is 0.866. The predicted octanol–water partition coefficient (Wildman–Crippen LogP) is 0.944. The Bertz CT molecular complexity index is 631. The van der Waals surface area contributed by atoms with E-state index in [9.17, 15) is 9.90 Å². The predicted molar refractivity (Wildman–Crippen MR) is 75.5 cm³/mol. The van der Waals surface area contributed by atoms with Crippen LogP contribution in [0, 0.1) is 11.3 Å². The number of hydrogen-bond acceptors (Lipinski definition) is 4. The summed E-state index contributed by atoms with van der Waals surface area (Å²) in [6.07, 6.45) is 0.937. The lowest BCUT2D eigenvalue weighted by Gasteiger charge is -2.51. The summed E-state index contributed by atoms with van der Waals surface area (Å²) in [6.45, 7) is 2.78. The maximum absolute atomic E-state index is 12.7. The maximum Gasteiger partial charge on any atom is 0.231 e. The molecule has 2 heterocycles. The van der Waals surface area contributed by atoms with Crippen LogP contribution < -0.4 is 5.32 Å². The van der Waals surface area contributed by atoms with Crippen LogP contribution in [0.4, 0.5) is 0 Å². The lowest BCUT2D eigenvalue weighted by atomic mass is 9.65. The number of nitrogens with zero attached hydrogens (tertiary/aromatic N) is 1. The summed E-state index contributed by atoms with van der Waals surface area (Å²) in [6, 6.07) is 7.62. The molecule has 0 aliphatic carbocycles. The molecular weight excluding hydrogens is 268 g/mol. The van der Waals surface area contributed by atoms with Crippen molar-refractivity contribution in [2.75, 3.05) is 19.8 Å². The fourth-order valence-corrected chi connectivity index (χ4v) is 3.45. The van der Waals surface area contributed by atoms with E-state index in [1.807, 2.05) is 13.0 Å². The van der Waals surface area contributed by atoms with E-state index in [1.165, 1.54) is 0 Å². The lowest BCUT2D eigenvalue weighted by molar-refractivity contribution is -0.143. The first-order valence-electron chi connectivity index (χ1n) is 7.18. The Balaban J connectivity index is 2.23. The molecule has 2 N–H and O–H groups in total. The van der Waals surface area contributed by atoms with Crippen molar-refractivity contribution in [1.82, 2.24) is 5.32 Å². The van der Waals surface area contributed by atoms with Crippen LogP contribution in [0.2, 0.25) is 0 Å². The van der Waals surface area contributed by atoms with Crippen LogP contribution in [0.1, 0.15) is 36.5 Å². The van der Waals surface area contributed by atoms with Crippen LogP contribution in [-0.2, 0) is 20.5 Å². The van der Waals surface area contributed by atoms with E-state index < -0.39 is 11.0 Å². The molecular formula is C16H18N2O3. The number of amides is 1. The van der Waals surface area contributed by atoms with E-state index in [2.05, 4.69) is 11.4 Å². The first-order valence-corrected chi connectivity index (χ1v) is 7.18. The Hall–Kier alpha value is -1.90. The topological polar surface area (TPSA) is 82.3 Å². The Kier molecular flexibility index (Phi) is 3.23. The number of aliphatic hydroxyl groups is 1. The Morgan fingerprint density at radius 3 is 2.71 bits per heavy atom. The van der Waals surface area contributed by atoms with Gasteiger partial charge >= 0.3 is 0 Å². The van der Waals surface area contributed by atoms with Gasteiger partial charge in [-0.15, -0.1) is 0 Å². The molecule has 1 spiro atoms.